The predicted molar refractivity (Wildman–Crippen MR) is 113 cm³/mol. The summed E-state index contributed by atoms with van der Waals surface area (Å²) in [6.07, 6.45) is 6.80. The van der Waals surface area contributed by atoms with Gasteiger partial charge in [0.25, 0.3) is 0 Å². The summed E-state index contributed by atoms with van der Waals surface area (Å²) in [7, 11) is 0. The van der Waals surface area contributed by atoms with Crippen molar-refractivity contribution in [2.75, 3.05) is 0 Å². The predicted octanol–water partition coefficient (Wildman–Crippen LogP) is 1.28. The zero-order valence-electron chi connectivity index (χ0n) is 18.6. The van der Waals surface area contributed by atoms with Gasteiger partial charge in [0.2, 0.25) is 0 Å². The average molecular weight is 490 g/mol. The zero-order valence-corrected chi connectivity index (χ0v) is 18.6. The standard InChI is InChI=1S/C24H26O11/c25-15(3-1-9-5-11-7-13(9)19(23(31)32)17(11)21(27)28)35-16(26)4-2-10-6-12-8-14(10)20(24(33)34)18(12)22(29)30/h1-4,9-14,17-20H,5-8H2,(H,27,28)(H,29,30)(H,31,32)(H,33,34). The molecule has 188 valence electrons. The van der Waals surface area contributed by atoms with E-state index in [0.29, 0.717) is 25.7 Å². The van der Waals surface area contributed by atoms with Crippen LogP contribution in [0.1, 0.15) is 25.7 Å². The van der Waals surface area contributed by atoms with Gasteiger partial charge in [-0.3, -0.25) is 19.2 Å². The van der Waals surface area contributed by atoms with E-state index in [4.69, 9.17) is 4.74 Å². The summed E-state index contributed by atoms with van der Waals surface area (Å²) in [6, 6.07) is 0. The molecule has 4 aliphatic carbocycles. The van der Waals surface area contributed by atoms with Gasteiger partial charge in [0.05, 0.1) is 23.7 Å². The van der Waals surface area contributed by atoms with E-state index in [-0.39, 0.29) is 23.7 Å². The Morgan fingerprint density at radius 2 is 0.886 bits per heavy atom. The molecule has 0 saturated heterocycles. The van der Waals surface area contributed by atoms with Crippen molar-refractivity contribution in [3.63, 3.8) is 0 Å². The summed E-state index contributed by atoms with van der Waals surface area (Å²) in [4.78, 5) is 70.2. The summed E-state index contributed by atoms with van der Waals surface area (Å²) in [5.41, 5.74) is 0. The molecule has 0 aromatic rings. The molecule has 4 saturated carbocycles. The number of esters is 2. The fraction of sp³-hybridized carbons (Fsp3) is 0.583. The Morgan fingerprint density at radius 3 is 1.20 bits per heavy atom. The van der Waals surface area contributed by atoms with Crippen LogP contribution in [0, 0.1) is 59.2 Å². The van der Waals surface area contributed by atoms with Gasteiger partial charge in [-0.1, -0.05) is 12.2 Å². The first kappa shape index (κ1) is 24.6. The molecule has 0 radical (unpaired) electrons. The van der Waals surface area contributed by atoms with Gasteiger partial charge in [0.1, 0.15) is 0 Å². The third-order valence-corrected chi connectivity index (χ3v) is 8.41. The maximum absolute atomic E-state index is 12.1. The Kier molecular flexibility index (Phi) is 6.52. The van der Waals surface area contributed by atoms with Gasteiger partial charge in [-0.15, -0.1) is 0 Å². The summed E-state index contributed by atoms with van der Waals surface area (Å²) < 4.78 is 4.73. The van der Waals surface area contributed by atoms with Crippen LogP contribution in [-0.4, -0.2) is 56.2 Å². The normalized spacial score (nSPS) is 39.3. The van der Waals surface area contributed by atoms with Crippen molar-refractivity contribution in [1.82, 2.24) is 0 Å². The molecule has 4 rings (SSSR count). The Labute approximate surface area is 199 Å². The third-order valence-electron chi connectivity index (χ3n) is 8.41. The van der Waals surface area contributed by atoms with Crippen molar-refractivity contribution in [3.05, 3.63) is 24.3 Å². The summed E-state index contributed by atoms with van der Waals surface area (Å²) in [5, 5.41) is 37.6. The molecule has 0 aromatic carbocycles. The largest absolute Gasteiger partial charge is 0.481 e. The van der Waals surface area contributed by atoms with Crippen molar-refractivity contribution in [1.29, 1.82) is 0 Å². The van der Waals surface area contributed by atoms with E-state index in [2.05, 4.69) is 0 Å². The van der Waals surface area contributed by atoms with Crippen LogP contribution in [0.15, 0.2) is 24.3 Å². The molecular weight excluding hydrogens is 464 g/mol. The minimum atomic E-state index is -1.17. The first-order valence-electron chi connectivity index (χ1n) is 11.5. The minimum Gasteiger partial charge on any atom is -0.481 e. The fourth-order valence-electron chi connectivity index (χ4n) is 7.22. The lowest BCUT2D eigenvalue weighted by molar-refractivity contribution is -0.157. The molecule has 0 aliphatic heterocycles. The molecule has 0 spiro atoms. The number of aliphatic carboxylic acids is 4. The molecule has 11 heteroatoms. The van der Waals surface area contributed by atoms with Gasteiger partial charge in [-0.05, 0) is 61.2 Å². The maximum Gasteiger partial charge on any atom is 0.338 e. The lowest BCUT2D eigenvalue weighted by Crippen LogP contribution is -2.37. The number of rotatable bonds is 8. The zero-order chi connectivity index (χ0) is 25.6. The van der Waals surface area contributed by atoms with Crippen molar-refractivity contribution in [2.45, 2.75) is 25.7 Å². The van der Waals surface area contributed by atoms with Crippen molar-refractivity contribution in [3.8, 4) is 0 Å². The molecule has 0 amide bonds. The summed E-state index contributed by atoms with van der Waals surface area (Å²) in [5.74, 6) is -12.5. The first-order chi connectivity index (χ1) is 16.5. The number of hydrogen-bond acceptors (Lipinski definition) is 7. The molecule has 10 unspecified atom stereocenters. The van der Waals surface area contributed by atoms with Crippen LogP contribution in [0.2, 0.25) is 0 Å². The second-order valence-electron chi connectivity index (χ2n) is 10.0. The van der Waals surface area contributed by atoms with E-state index in [9.17, 15) is 49.2 Å². The smallest absolute Gasteiger partial charge is 0.338 e. The highest BCUT2D eigenvalue weighted by atomic mass is 16.6. The molecular formula is C24H26O11. The van der Waals surface area contributed by atoms with Gasteiger partial charge >= 0.3 is 35.8 Å². The van der Waals surface area contributed by atoms with Gasteiger partial charge in [-0.2, -0.15) is 0 Å². The van der Waals surface area contributed by atoms with E-state index < -0.39 is 71.3 Å². The van der Waals surface area contributed by atoms with Crippen molar-refractivity contribution in [2.24, 2.45) is 59.2 Å². The average Bonchev–Trinajstić information content (AvgIpc) is 3.53. The topological polar surface area (TPSA) is 193 Å². The monoisotopic (exact) mass is 490 g/mol. The molecule has 10 atom stereocenters. The number of carboxylic acid groups (broad SMARTS) is 4. The number of hydrogen-bond donors (Lipinski definition) is 4. The van der Waals surface area contributed by atoms with Crippen molar-refractivity contribution >= 4 is 35.8 Å². The maximum atomic E-state index is 12.1. The Morgan fingerprint density at radius 1 is 0.543 bits per heavy atom. The second-order valence-corrected chi connectivity index (χ2v) is 10.0. The van der Waals surface area contributed by atoms with Crippen LogP contribution < -0.4 is 0 Å². The molecule has 11 nitrogen and oxygen atoms in total. The Hall–Kier alpha value is -3.50. The van der Waals surface area contributed by atoms with Crippen LogP contribution in [0.4, 0.5) is 0 Å². The van der Waals surface area contributed by atoms with Gasteiger partial charge < -0.3 is 25.2 Å². The molecule has 4 aliphatic rings. The van der Waals surface area contributed by atoms with E-state index in [1.165, 1.54) is 12.2 Å². The second kappa shape index (κ2) is 9.27. The highest BCUT2D eigenvalue weighted by Crippen LogP contribution is 2.57. The highest BCUT2D eigenvalue weighted by Gasteiger charge is 2.58. The highest BCUT2D eigenvalue weighted by molar-refractivity contribution is 5.96. The molecule has 4 bridgehead atoms. The number of ether oxygens (including phenoxy) is 1. The Bertz CT molecular complexity index is 946. The molecule has 4 fully saturated rings. The van der Waals surface area contributed by atoms with Crippen LogP contribution in [0.25, 0.3) is 0 Å². The quantitative estimate of drug-likeness (QED) is 0.218. The molecule has 0 aromatic heterocycles. The summed E-state index contributed by atoms with van der Waals surface area (Å²) in [6.45, 7) is 0. The van der Waals surface area contributed by atoms with Gasteiger partial charge in [0.15, 0.2) is 0 Å². The van der Waals surface area contributed by atoms with Gasteiger partial charge in [-0.25, -0.2) is 9.59 Å². The van der Waals surface area contributed by atoms with E-state index in [0.717, 1.165) is 12.2 Å². The SMILES string of the molecule is O=C(C=CC1CC2CC1C(C(=O)O)C2C(=O)O)OC(=O)C=CC1CC2CC1C(C(=O)O)C2C(=O)O. The third kappa shape index (κ3) is 4.46. The number of carbonyl (C=O) groups excluding carboxylic acids is 2. The van der Waals surface area contributed by atoms with E-state index in [1.807, 2.05) is 0 Å². The molecule has 0 heterocycles. The van der Waals surface area contributed by atoms with Crippen LogP contribution in [-0.2, 0) is 33.5 Å². The van der Waals surface area contributed by atoms with Gasteiger partial charge in [0, 0.05) is 12.2 Å². The van der Waals surface area contributed by atoms with Crippen LogP contribution in [0.5, 0.6) is 0 Å². The van der Waals surface area contributed by atoms with Crippen LogP contribution in [0.3, 0.4) is 0 Å². The summed E-state index contributed by atoms with van der Waals surface area (Å²) >= 11 is 0. The lowest BCUT2D eigenvalue weighted by Gasteiger charge is -2.29. The number of fused-ring (bicyclic) bond motifs is 4. The Balaban J connectivity index is 1.31. The lowest BCUT2D eigenvalue weighted by atomic mass is 9.74. The van der Waals surface area contributed by atoms with E-state index >= 15 is 0 Å². The first-order valence-corrected chi connectivity index (χ1v) is 11.5. The number of allylic oxidation sites excluding steroid dienone is 2. The number of carbonyl (C=O) groups is 6. The number of carboxylic acids is 4. The van der Waals surface area contributed by atoms with E-state index in [1.54, 1.807) is 0 Å². The fourth-order valence-corrected chi connectivity index (χ4v) is 7.22. The van der Waals surface area contributed by atoms with Crippen molar-refractivity contribution < 1.29 is 53.9 Å². The molecule has 35 heavy (non-hydrogen) atoms. The van der Waals surface area contributed by atoms with Crippen LogP contribution >= 0.6 is 0 Å². The minimum absolute atomic E-state index is 0.286. The molecule has 4 N–H and O–H groups in total.